The molecule has 5 rings (SSSR count). The first-order valence-electron chi connectivity index (χ1n) is 11.7. The molecule has 0 saturated carbocycles. The molecule has 3 heterocycles. The molecule has 7 nitrogen and oxygen atoms in total. The smallest absolute Gasteiger partial charge is 0.253 e. The number of hydrogen-bond acceptors (Lipinski definition) is 6. The van der Waals surface area contributed by atoms with Gasteiger partial charge < -0.3 is 19.4 Å². The first-order valence-corrected chi connectivity index (χ1v) is 11.7. The van der Waals surface area contributed by atoms with Gasteiger partial charge in [-0.2, -0.15) is 5.26 Å². The minimum atomic E-state index is -0.492. The molecule has 2 aromatic carbocycles. The Balaban J connectivity index is 1.50. The van der Waals surface area contributed by atoms with Crippen molar-refractivity contribution in [1.29, 1.82) is 5.26 Å². The summed E-state index contributed by atoms with van der Waals surface area (Å²) < 4.78 is 26.8. The van der Waals surface area contributed by atoms with Crippen LogP contribution in [-0.2, 0) is 4.74 Å². The number of halogens is 1. The number of pyridine rings is 1. The van der Waals surface area contributed by atoms with Crippen LogP contribution in [0.4, 0.5) is 10.1 Å². The molecule has 0 aliphatic carbocycles. The second-order valence-corrected chi connectivity index (χ2v) is 8.98. The lowest BCUT2D eigenvalue weighted by atomic mass is 10.0. The Morgan fingerprint density at radius 2 is 1.86 bits per heavy atom. The van der Waals surface area contributed by atoms with Crippen LogP contribution in [0.25, 0.3) is 33.6 Å². The van der Waals surface area contributed by atoms with Gasteiger partial charge in [0.05, 0.1) is 11.3 Å². The van der Waals surface area contributed by atoms with Gasteiger partial charge in [-0.1, -0.05) is 12.1 Å². The van der Waals surface area contributed by atoms with Crippen LogP contribution in [0.3, 0.4) is 0 Å². The molecule has 0 atom stereocenters. The van der Waals surface area contributed by atoms with Gasteiger partial charge in [0.1, 0.15) is 23.2 Å². The standard InChI is InChI=1S/C28H25FN4O3/c1-33(2)28(34)18-5-3-17(4-6-18)25-15-24-27(36-25)22(7-10-31-24)19-13-20(16-30)26(23(29)14-19)32-21-8-11-35-12-9-21/h3-7,10,13-15,21,32H,8-9,11-12H2,1-2H3. The molecule has 36 heavy (non-hydrogen) atoms. The first kappa shape index (κ1) is 23.5. The Labute approximate surface area is 208 Å². The number of hydrogen-bond donors (Lipinski definition) is 1. The minimum Gasteiger partial charge on any atom is -0.454 e. The van der Waals surface area contributed by atoms with Crippen molar-refractivity contribution < 1.29 is 18.3 Å². The van der Waals surface area contributed by atoms with E-state index in [1.165, 1.54) is 11.0 Å². The molecule has 0 radical (unpaired) electrons. The Kier molecular flexibility index (Phi) is 6.40. The fourth-order valence-electron chi connectivity index (χ4n) is 4.39. The van der Waals surface area contributed by atoms with Crippen LogP contribution in [-0.4, -0.2) is 49.1 Å². The van der Waals surface area contributed by atoms with Gasteiger partial charge in [0, 0.05) is 62.3 Å². The highest BCUT2D eigenvalue weighted by Crippen LogP contribution is 2.36. The van der Waals surface area contributed by atoms with Crippen molar-refractivity contribution in [3.63, 3.8) is 0 Å². The van der Waals surface area contributed by atoms with Crippen molar-refractivity contribution in [3.8, 4) is 28.5 Å². The van der Waals surface area contributed by atoms with Gasteiger partial charge in [-0.05, 0) is 48.7 Å². The van der Waals surface area contributed by atoms with Crippen LogP contribution in [0.5, 0.6) is 0 Å². The number of aromatic nitrogens is 1. The van der Waals surface area contributed by atoms with Gasteiger partial charge >= 0.3 is 0 Å². The molecule has 1 aliphatic heterocycles. The number of furan rings is 1. The molecule has 0 unspecified atom stereocenters. The minimum absolute atomic E-state index is 0.0610. The van der Waals surface area contributed by atoms with E-state index in [0.717, 1.165) is 18.4 Å². The second kappa shape index (κ2) is 9.80. The van der Waals surface area contributed by atoms with E-state index in [2.05, 4.69) is 16.4 Å². The number of fused-ring (bicyclic) bond motifs is 1. The second-order valence-electron chi connectivity index (χ2n) is 8.98. The van der Waals surface area contributed by atoms with Gasteiger partial charge in [-0.15, -0.1) is 0 Å². The summed E-state index contributed by atoms with van der Waals surface area (Å²) in [5.74, 6) is 0.00112. The van der Waals surface area contributed by atoms with Crippen LogP contribution in [0, 0.1) is 17.1 Å². The SMILES string of the molecule is CN(C)C(=O)c1ccc(-c2cc3nccc(-c4cc(F)c(NC5CCOCC5)c(C#N)c4)c3o2)cc1. The molecule has 1 N–H and O–H groups in total. The topological polar surface area (TPSA) is 91.4 Å². The molecule has 182 valence electrons. The highest BCUT2D eigenvalue weighted by molar-refractivity contribution is 5.95. The zero-order valence-electron chi connectivity index (χ0n) is 20.0. The molecule has 1 fully saturated rings. The zero-order chi connectivity index (χ0) is 25.2. The molecule has 2 aromatic heterocycles. The maximum Gasteiger partial charge on any atom is 0.253 e. The Morgan fingerprint density at radius 1 is 1.11 bits per heavy atom. The van der Waals surface area contributed by atoms with Crippen molar-refractivity contribution in [3.05, 3.63) is 71.7 Å². The monoisotopic (exact) mass is 484 g/mol. The summed E-state index contributed by atoms with van der Waals surface area (Å²) in [4.78, 5) is 18.1. The van der Waals surface area contributed by atoms with Gasteiger partial charge in [0.2, 0.25) is 0 Å². The lowest BCUT2D eigenvalue weighted by molar-refractivity contribution is 0.0827. The summed E-state index contributed by atoms with van der Waals surface area (Å²) in [5, 5.41) is 13.0. The van der Waals surface area contributed by atoms with Crippen LogP contribution < -0.4 is 5.32 Å². The number of ether oxygens (including phenoxy) is 1. The van der Waals surface area contributed by atoms with Crippen LogP contribution in [0.2, 0.25) is 0 Å². The van der Waals surface area contributed by atoms with E-state index in [1.54, 1.807) is 44.6 Å². The summed E-state index contributed by atoms with van der Waals surface area (Å²) in [7, 11) is 3.41. The highest BCUT2D eigenvalue weighted by atomic mass is 19.1. The number of anilines is 1. The number of amides is 1. The third-order valence-corrected chi connectivity index (χ3v) is 6.33. The van der Waals surface area contributed by atoms with Crippen molar-refractivity contribution in [2.45, 2.75) is 18.9 Å². The van der Waals surface area contributed by atoms with E-state index in [1.807, 2.05) is 18.2 Å². The molecule has 1 saturated heterocycles. The Morgan fingerprint density at radius 3 is 2.56 bits per heavy atom. The molecule has 0 spiro atoms. The first-order chi connectivity index (χ1) is 17.4. The summed E-state index contributed by atoms with van der Waals surface area (Å²) in [6.45, 7) is 1.23. The predicted octanol–water partition coefficient (Wildman–Crippen LogP) is 5.47. The maximum absolute atomic E-state index is 15.2. The molecule has 1 amide bonds. The molecule has 8 heteroatoms. The maximum atomic E-state index is 15.2. The van der Waals surface area contributed by atoms with Crippen LogP contribution in [0.1, 0.15) is 28.8 Å². The van der Waals surface area contributed by atoms with Gasteiger partial charge in [0.25, 0.3) is 5.91 Å². The average molecular weight is 485 g/mol. The number of rotatable bonds is 5. The van der Waals surface area contributed by atoms with Gasteiger partial charge in [0.15, 0.2) is 5.58 Å². The molecule has 1 aliphatic rings. The predicted molar refractivity (Wildman–Crippen MR) is 135 cm³/mol. The van der Waals surface area contributed by atoms with E-state index in [0.29, 0.717) is 46.8 Å². The van der Waals surface area contributed by atoms with Crippen LogP contribution >= 0.6 is 0 Å². The Bertz CT molecular complexity index is 1460. The summed E-state index contributed by atoms with van der Waals surface area (Å²) >= 11 is 0. The summed E-state index contributed by atoms with van der Waals surface area (Å²) in [6, 6.07) is 16.0. The van der Waals surface area contributed by atoms with E-state index in [-0.39, 0.29) is 23.2 Å². The summed E-state index contributed by atoms with van der Waals surface area (Å²) in [6.07, 6.45) is 3.15. The van der Waals surface area contributed by atoms with E-state index in [9.17, 15) is 10.1 Å². The normalized spacial score (nSPS) is 13.9. The van der Waals surface area contributed by atoms with Gasteiger partial charge in [-0.3, -0.25) is 9.78 Å². The summed E-state index contributed by atoms with van der Waals surface area (Å²) in [5.41, 5.74) is 4.08. The quantitative estimate of drug-likeness (QED) is 0.404. The molecular weight excluding hydrogens is 459 g/mol. The molecule has 4 aromatic rings. The lowest BCUT2D eigenvalue weighted by Gasteiger charge is -2.25. The van der Waals surface area contributed by atoms with Crippen molar-refractivity contribution in [2.75, 3.05) is 32.6 Å². The number of nitrogens with one attached hydrogen (secondary N) is 1. The van der Waals surface area contributed by atoms with Gasteiger partial charge in [-0.25, -0.2) is 4.39 Å². The number of nitriles is 1. The number of carbonyl (C=O) groups is 1. The highest BCUT2D eigenvalue weighted by Gasteiger charge is 2.20. The van der Waals surface area contributed by atoms with E-state index < -0.39 is 5.82 Å². The third kappa shape index (κ3) is 4.53. The van der Waals surface area contributed by atoms with E-state index in [4.69, 9.17) is 9.15 Å². The third-order valence-electron chi connectivity index (χ3n) is 6.33. The fraction of sp³-hybridized carbons (Fsp3) is 0.250. The Hall–Kier alpha value is -4.22. The molecule has 0 bridgehead atoms. The number of carbonyl (C=O) groups excluding carboxylic acids is 1. The number of benzene rings is 2. The molecular formula is C28H25FN4O3. The van der Waals surface area contributed by atoms with Crippen molar-refractivity contribution in [2.24, 2.45) is 0 Å². The van der Waals surface area contributed by atoms with E-state index >= 15 is 4.39 Å². The van der Waals surface area contributed by atoms with Crippen molar-refractivity contribution >= 4 is 22.7 Å². The van der Waals surface area contributed by atoms with Crippen LogP contribution in [0.15, 0.2) is 59.1 Å². The average Bonchev–Trinajstić information content (AvgIpc) is 3.34. The number of nitrogens with zero attached hydrogens (tertiary/aromatic N) is 3. The van der Waals surface area contributed by atoms with Crippen molar-refractivity contribution in [1.82, 2.24) is 9.88 Å². The zero-order valence-corrected chi connectivity index (χ0v) is 20.0. The lowest BCUT2D eigenvalue weighted by Crippen LogP contribution is -2.28. The largest absolute Gasteiger partial charge is 0.454 e. The fourth-order valence-corrected chi connectivity index (χ4v) is 4.39.